The van der Waals surface area contributed by atoms with Crippen molar-refractivity contribution in [3.63, 3.8) is 0 Å². The van der Waals surface area contributed by atoms with Crippen LogP contribution in [0.4, 0.5) is 4.79 Å². The van der Waals surface area contributed by atoms with Gasteiger partial charge in [-0.05, 0) is 37.1 Å². The zero-order valence-corrected chi connectivity index (χ0v) is 13.4. The molecule has 2 amide bonds. The molecule has 3 aromatic rings. The molecule has 2 aromatic heterocycles. The molecule has 118 valence electrons. The number of hydrogen-bond donors (Lipinski definition) is 1. The summed E-state index contributed by atoms with van der Waals surface area (Å²) in [6.07, 6.45) is 2.19. The molecule has 0 radical (unpaired) electrons. The van der Waals surface area contributed by atoms with Gasteiger partial charge in [-0.25, -0.2) is 9.78 Å². The maximum atomic E-state index is 12.0. The Bertz CT molecular complexity index is 800. The number of carbonyl (C=O) groups excluding carboxylic acids is 1. The minimum absolute atomic E-state index is 0.0135. The van der Waals surface area contributed by atoms with Gasteiger partial charge in [0.15, 0.2) is 10.8 Å². The summed E-state index contributed by atoms with van der Waals surface area (Å²) in [5.74, 6) is 1.49. The van der Waals surface area contributed by atoms with Crippen LogP contribution >= 0.6 is 11.3 Å². The van der Waals surface area contributed by atoms with Crippen LogP contribution in [0.25, 0.3) is 21.0 Å². The molecule has 1 aliphatic rings. The molecule has 1 saturated heterocycles. The topological polar surface area (TPSA) is 58.4 Å². The predicted molar refractivity (Wildman–Crippen MR) is 90.4 cm³/mol. The van der Waals surface area contributed by atoms with Crippen LogP contribution in [0.2, 0.25) is 0 Å². The van der Waals surface area contributed by atoms with Gasteiger partial charge in [-0.15, -0.1) is 11.3 Å². The fraction of sp³-hybridized carbons (Fsp3) is 0.294. The van der Waals surface area contributed by atoms with E-state index in [1.54, 1.807) is 11.3 Å². The molecule has 1 fully saturated rings. The van der Waals surface area contributed by atoms with Gasteiger partial charge >= 0.3 is 6.03 Å². The van der Waals surface area contributed by atoms with Crippen molar-refractivity contribution < 1.29 is 9.21 Å². The van der Waals surface area contributed by atoms with Crippen molar-refractivity contribution in [1.29, 1.82) is 0 Å². The molecule has 0 bridgehead atoms. The summed E-state index contributed by atoms with van der Waals surface area (Å²) in [7, 11) is 0. The molecule has 5 nitrogen and oxygen atoms in total. The molecule has 23 heavy (non-hydrogen) atoms. The van der Waals surface area contributed by atoms with E-state index in [0.717, 1.165) is 52.7 Å². The molecule has 1 aliphatic heterocycles. The lowest BCUT2D eigenvalue weighted by Gasteiger charge is -2.15. The van der Waals surface area contributed by atoms with Crippen LogP contribution in [-0.4, -0.2) is 29.0 Å². The highest BCUT2D eigenvalue weighted by Gasteiger charge is 2.18. The molecule has 0 saturated carbocycles. The average Bonchev–Trinajstić information content (AvgIpc) is 3.31. The molecule has 0 spiro atoms. The number of urea groups is 1. The summed E-state index contributed by atoms with van der Waals surface area (Å²) >= 11 is 1.61. The lowest BCUT2D eigenvalue weighted by molar-refractivity contribution is 0.207. The van der Waals surface area contributed by atoms with Crippen molar-refractivity contribution in [1.82, 2.24) is 15.2 Å². The Morgan fingerprint density at radius 1 is 1.22 bits per heavy atom. The van der Waals surface area contributed by atoms with Crippen molar-refractivity contribution in [2.45, 2.75) is 19.4 Å². The molecule has 1 N–H and O–H groups in total. The van der Waals surface area contributed by atoms with Gasteiger partial charge in [0.05, 0.1) is 16.8 Å². The molecule has 0 unspecified atom stereocenters. The highest BCUT2D eigenvalue weighted by atomic mass is 32.1. The van der Waals surface area contributed by atoms with E-state index >= 15 is 0 Å². The molecular weight excluding hydrogens is 310 g/mol. The first-order valence-corrected chi connectivity index (χ1v) is 8.59. The molecule has 3 heterocycles. The number of para-hydroxylation sites is 1. The van der Waals surface area contributed by atoms with Crippen LogP contribution in [0.3, 0.4) is 0 Å². The number of thiazole rings is 1. The monoisotopic (exact) mass is 327 g/mol. The van der Waals surface area contributed by atoms with E-state index in [1.165, 1.54) is 0 Å². The fourth-order valence-electron chi connectivity index (χ4n) is 2.76. The second-order valence-electron chi connectivity index (χ2n) is 5.61. The number of amides is 2. The van der Waals surface area contributed by atoms with E-state index in [2.05, 4.69) is 16.4 Å². The predicted octanol–water partition coefficient (Wildman–Crippen LogP) is 3.86. The Labute approximate surface area is 137 Å². The van der Waals surface area contributed by atoms with Gasteiger partial charge in [-0.1, -0.05) is 12.1 Å². The highest BCUT2D eigenvalue weighted by Crippen LogP contribution is 2.31. The summed E-state index contributed by atoms with van der Waals surface area (Å²) in [5.41, 5.74) is 0.979. The SMILES string of the molecule is O=C(NCc1ccc(-c2nc3ccccc3s2)o1)N1CCCC1. The van der Waals surface area contributed by atoms with Crippen molar-refractivity contribution in [3.05, 3.63) is 42.2 Å². The molecule has 6 heteroatoms. The smallest absolute Gasteiger partial charge is 0.317 e. The number of carbonyl (C=O) groups is 1. The first-order valence-electron chi connectivity index (χ1n) is 7.77. The van der Waals surface area contributed by atoms with E-state index in [1.807, 2.05) is 35.2 Å². The summed E-state index contributed by atoms with van der Waals surface area (Å²) in [5, 5.41) is 3.77. The largest absolute Gasteiger partial charge is 0.457 e. The third-order valence-electron chi connectivity index (χ3n) is 3.97. The number of rotatable bonds is 3. The molecule has 4 rings (SSSR count). The van der Waals surface area contributed by atoms with Crippen molar-refractivity contribution in [2.24, 2.45) is 0 Å². The highest BCUT2D eigenvalue weighted by molar-refractivity contribution is 7.21. The number of furan rings is 1. The fourth-order valence-corrected chi connectivity index (χ4v) is 3.69. The normalized spacial score (nSPS) is 14.5. The van der Waals surface area contributed by atoms with Crippen LogP contribution < -0.4 is 5.32 Å². The molecule has 0 atom stereocenters. The lowest BCUT2D eigenvalue weighted by Crippen LogP contribution is -2.37. The number of fused-ring (bicyclic) bond motifs is 1. The van der Waals surface area contributed by atoms with Crippen LogP contribution in [0.5, 0.6) is 0 Å². The van der Waals surface area contributed by atoms with Crippen molar-refractivity contribution in [3.8, 4) is 10.8 Å². The molecule has 0 aliphatic carbocycles. The first-order chi connectivity index (χ1) is 11.3. The minimum atomic E-state index is -0.0135. The Morgan fingerprint density at radius 2 is 2.04 bits per heavy atom. The lowest BCUT2D eigenvalue weighted by atomic mass is 10.3. The van der Waals surface area contributed by atoms with Gasteiger partial charge < -0.3 is 14.6 Å². The Hall–Kier alpha value is -2.34. The van der Waals surface area contributed by atoms with Gasteiger partial charge in [0.1, 0.15) is 5.76 Å². The quantitative estimate of drug-likeness (QED) is 0.794. The zero-order chi connectivity index (χ0) is 15.6. The molecular formula is C17H17N3O2S. The van der Waals surface area contributed by atoms with E-state index in [9.17, 15) is 4.79 Å². The number of aromatic nitrogens is 1. The minimum Gasteiger partial charge on any atom is -0.457 e. The summed E-state index contributed by atoms with van der Waals surface area (Å²) in [6, 6.07) is 11.8. The maximum Gasteiger partial charge on any atom is 0.317 e. The van der Waals surface area contributed by atoms with Crippen LogP contribution in [0.1, 0.15) is 18.6 Å². The summed E-state index contributed by atoms with van der Waals surface area (Å²) in [4.78, 5) is 18.4. The standard InChI is InChI=1S/C17H17N3O2S/c21-17(20-9-3-4-10-20)18-11-12-7-8-14(22-12)16-19-13-5-1-2-6-15(13)23-16/h1-2,5-8H,3-4,9-11H2,(H,18,21). The Balaban J connectivity index is 1.45. The maximum absolute atomic E-state index is 12.0. The number of nitrogens with zero attached hydrogens (tertiary/aromatic N) is 2. The second-order valence-corrected chi connectivity index (χ2v) is 6.64. The number of benzene rings is 1. The summed E-state index contributed by atoms with van der Waals surface area (Å²) < 4.78 is 6.97. The van der Waals surface area contributed by atoms with E-state index in [4.69, 9.17) is 4.42 Å². The van der Waals surface area contributed by atoms with Crippen LogP contribution in [-0.2, 0) is 6.54 Å². The number of nitrogens with one attached hydrogen (secondary N) is 1. The van der Waals surface area contributed by atoms with Gasteiger partial charge in [-0.2, -0.15) is 0 Å². The second kappa shape index (κ2) is 6.04. The van der Waals surface area contributed by atoms with Gasteiger partial charge in [0.2, 0.25) is 0 Å². The molecule has 1 aromatic carbocycles. The van der Waals surface area contributed by atoms with E-state index in [-0.39, 0.29) is 6.03 Å². The third-order valence-corrected chi connectivity index (χ3v) is 5.02. The number of likely N-dealkylation sites (tertiary alicyclic amines) is 1. The van der Waals surface area contributed by atoms with E-state index < -0.39 is 0 Å². The zero-order valence-electron chi connectivity index (χ0n) is 12.6. The Morgan fingerprint density at radius 3 is 2.87 bits per heavy atom. The van der Waals surface area contributed by atoms with Crippen molar-refractivity contribution >= 4 is 27.6 Å². The van der Waals surface area contributed by atoms with Gasteiger partial charge in [0.25, 0.3) is 0 Å². The third kappa shape index (κ3) is 2.94. The summed E-state index contributed by atoms with van der Waals surface area (Å²) in [6.45, 7) is 2.10. The number of hydrogen-bond acceptors (Lipinski definition) is 4. The average molecular weight is 327 g/mol. The van der Waals surface area contributed by atoms with E-state index in [0.29, 0.717) is 6.54 Å². The Kier molecular flexibility index (Phi) is 3.75. The van der Waals surface area contributed by atoms with Gasteiger partial charge in [0, 0.05) is 13.1 Å². The van der Waals surface area contributed by atoms with Crippen LogP contribution in [0.15, 0.2) is 40.8 Å². The van der Waals surface area contributed by atoms with Gasteiger partial charge in [-0.3, -0.25) is 0 Å². The van der Waals surface area contributed by atoms with Crippen molar-refractivity contribution in [2.75, 3.05) is 13.1 Å². The van der Waals surface area contributed by atoms with Crippen LogP contribution in [0, 0.1) is 0 Å². The first kappa shape index (κ1) is 14.3.